The van der Waals surface area contributed by atoms with Gasteiger partial charge in [-0.2, -0.15) is 0 Å². The van der Waals surface area contributed by atoms with E-state index in [1.54, 1.807) is 12.4 Å². The Labute approximate surface area is 129 Å². The third-order valence-electron chi connectivity index (χ3n) is 3.12. The van der Waals surface area contributed by atoms with Crippen molar-refractivity contribution in [3.63, 3.8) is 0 Å². The van der Waals surface area contributed by atoms with E-state index in [4.69, 9.17) is 0 Å². The number of pyridine rings is 1. The maximum atomic E-state index is 10.8. The van der Waals surface area contributed by atoms with Gasteiger partial charge >= 0.3 is 0 Å². The second-order valence-electron chi connectivity index (χ2n) is 4.82. The molecule has 1 aromatic heterocycles. The van der Waals surface area contributed by atoms with E-state index in [0.717, 1.165) is 17.3 Å². The number of hydrogen-bond acceptors (Lipinski definition) is 5. The molecule has 1 atom stereocenters. The molecule has 114 valence electrons. The number of nitrogens with one attached hydrogen (secondary N) is 2. The first-order valence-corrected chi connectivity index (χ1v) is 6.94. The van der Waals surface area contributed by atoms with E-state index in [9.17, 15) is 10.1 Å². The Bertz CT molecular complexity index is 629. The summed E-state index contributed by atoms with van der Waals surface area (Å²) in [6.45, 7) is 2.43. The Morgan fingerprint density at radius 3 is 2.73 bits per heavy atom. The monoisotopic (exact) mass is 298 g/mol. The van der Waals surface area contributed by atoms with Crippen LogP contribution >= 0.6 is 0 Å². The summed E-state index contributed by atoms with van der Waals surface area (Å²) in [5.74, 6) is 0.366. The average molecular weight is 298 g/mol. The Morgan fingerprint density at radius 1 is 1.32 bits per heavy atom. The molecule has 1 heterocycles. The minimum Gasteiger partial charge on any atom is -0.363 e. The summed E-state index contributed by atoms with van der Waals surface area (Å²) >= 11 is 0. The zero-order valence-corrected chi connectivity index (χ0v) is 12.3. The van der Waals surface area contributed by atoms with Gasteiger partial charge in [-0.15, -0.1) is 0 Å². The minimum absolute atomic E-state index is 0.0943. The van der Waals surface area contributed by atoms with Crippen molar-refractivity contribution < 1.29 is 4.92 Å². The number of aromatic nitrogens is 1. The van der Waals surface area contributed by atoms with Crippen LogP contribution in [0.3, 0.4) is 0 Å². The molecule has 0 spiro atoms. The van der Waals surface area contributed by atoms with Crippen molar-refractivity contribution in [1.82, 2.24) is 15.6 Å². The van der Waals surface area contributed by atoms with Gasteiger partial charge in [0.05, 0.1) is 11.0 Å². The number of nitrogens with zero attached hydrogens (tertiary/aromatic N) is 2. The maximum Gasteiger partial charge on any atom is 0.274 e. The van der Waals surface area contributed by atoms with Crippen LogP contribution in [0, 0.1) is 10.1 Å². The average Bonchev–Trinajstić information content (AvgIpc) is 2.54. The fraction of sp³-hybridized carbons (Fsp3) is 0.188. The van der Waals surface area contributed by atoms with Crippen LogP contribution in [0.2, 0.25) is 0 Å². The Kier molecular flexibility index (Phi) is 5.48. The van der Waals surface area contributed by atoms with Gasteiger partial charge in [-0.3, -0.25) is 15.1 Å². The predicted octanol–water partition coefficient (Wildman–Crippen LogP) is 2.60. The van der Waals surface area contributed by atoms with E-state index in [0.29, 0.717) is 12.4 Å². The highest BCUT2D eigenvalue weighted by Crippen LogP contribution is 2.11. The van der Waals surface area contributed by atoms with Gasteiger partial charge in [0.15, 0.2) is 5.82 Å². The predicted molar refractivity (Wildman–Crippen MR) is 84.1 cm³/mol. The number of benzene rings is 1. The lowest BCUT2D eigenvalue weighted by Crippen LogP contribution is -2.29. The highest BCUT2D eigenvalue weighted by atomic mass is 16.6. The largest absolute Gasteiger partial charge is 0.363 e. The van der Waals surface area contributed by atoms with Gasteiger partial charge in [0.1, 0.15) is 0 Å². The topological polar surface area (TPSA) is 80.1 Å². The lowest BCUT2D eigenvalue weighted by Gasteiger charge is -2.17. The lowest BCUT2D eigenvalue weighted by atomic mass is 10.1. The molecule has 0 fully saturated rings. The summed E-state index contributed by atoms with van der Waals surface area (Å²) < 4.78 is 0. The van der Waals surface area contributed by atoms with Crippen molar-refractivity contribution >= 4 is 0 Å². The molecule has 0 radical (unpaired) electrons. The van der Waals surface area contributed by atoms with Crippen LogP contribution in [-0.4, -0.2) is 9.91 Å². The SMILES string of the molecule is CC(N/C(=C\[N+](=O)[O-])NCc1ccccc1)c1cccnc1. The van der Waals surface area contributed by atoms with Gasteiger partial charge in [0.2, 0.25) is 0 Å². The molecule has 0 aliphatic rings. The van der Waals surface area contributed by atoms with Crippen LogP contribution in [0.5, 0.6) is 0 Å². The summed E-state index contributed by atoms with van der Waals surface area (Å²) in [6, 6.07) is 13.4. The molecule has 6 nitrogen and oxygen atoms in total. The zero-order valence-electron chi connectivity index (χ0n) is 12.3. The highest BCUT2D eigenvalue weighted by molar-refractivity contribution is 5.17. The van der Waals surface area contributed by atoms with Gasteiger partial charge in [-0.1, -0.05) is 36.4 Å². The standard InChI is InChI=1S/C16H18N4O2/c1-13(15-8-5-9-17-11-15)19-16(12-20(21)22)18-10-14-6-3-2-4-7-14/h2-9,11-13,18-19H,10H2,1H3/b16-12-. The van der Waals surface area contributed by atoms with E-state index in [1.807, 2.05) is 49.4 Å². The van der Waals surface area contributed by atoms with Crippen molar-refractivity contribution in [1.29, 1.82) is 0 Å². The smallest absolute Gasteiger partial charge is 0.274 e. The summed E-state index contributed by atoms with van der Waals surface area (Å²) in [4.78, 5) is 14.4. The zero-order chi connectivity index (χ0) is 15.8. The first kappa shape index (κ1) is 15.5. The van der Waals surface area contributed by atoms with Gasteiger partial charge in [0, 0.05) is 18.9 Å². The Balaban J connectivity index is 2.02. The van der Waals surface area contributed by atoms with Crippen molar-refractivity contribution in [2.24, 2.45) is 0 Å². The molecule has 2 rings (SSSR count). The molecule has 2 N–H and O–H groups in total. The molecule has 1 aromatic carbocycles. The molecule has 22 heavy (non-hydrogen) atoms. The third-order valence-corrected chi connectivity index (χ3v) is 3.12. The van der Waals surface area contributed by atoms with Crippen LogP contribution in [0.4, 0.5) is 0 Å². The second-order valence-corrected chi connectivity index (χ2v) is 4.82. The molecule has 0 bridgehead atoms. The quantitative estimate of drug-likeness (QED) is 0.606. The van der Waals surface area contributed by atoms with Crippen molar-refractivity contribution in [3.05, 3.63) is 88.1 Å². The number of hydrogen-bond donors (Lipinski definition) is 2. The molecule has 6 heteroatoms. The van der Waals surface area contributed by atoms with E-state index in [2.05, 4.69) is 15.6 Å². The third kappa shape index (κ3) is 4.90. The van der Waals surface area contributed by atoms with Crippen LogP contribution in [0.25, 0.3) is 0 Å². The summed E-state index contributed by atoms with van der Waals surface area (Å²) in [5, 5.41) is 16.9. The maximum absolute atomic E-state index is 10.8. The van der Waals surface area contributed by atoms with Crippen molar-refractivity contribution in [2.45, 2.75) is 19.5 Å². The van der Waals surface area contributed by atoms with Crippen LogP contribution in [-0.2, 0) is 6.54 Å². The van der Waals surface area contributed by atoms with Gasteiger partial charge < -0.3 is 10.6 Å². The summed E-state index contributed by atoms with van der Waals surface area (Å²) in [6.07, 6.45) is 4.37. The fourth-order valence-corrected chi connectivity index (χ4v) is 1.98. The van der Waals surface area contributed by atoms with E-state index < -0.39 is 4.92 Å². The molecule has 0 amide bonds. The van der Waals surface area contributed by atoms with Crippen LogP contribution in [0.15, 0.2) is 66.9 Å². The molecule has 0 aliphatic carbocycles. The summed E-state index contributed by atoms with van der Waals surface area (Å²) in [5.41, 5.74) is 2.01. The van der Waals surface area contributed by atoms with E-state index >= 15 is 0 Å². The van der Waals surface area contributed by atoms with Gasteiger partial charge in [-0.25, -0.2) is 0 Å². The minimum atomic E-state index is -0.476. The van der Waals surface area contributed by atoms with Crippen LogP contribution < -0.4 is 10.6 Å². The molecular formula is C16H18N4O2. The molecule has 2 aromatic rings. The molecule has 1 unspecified atom stereocenters. The first-order chi connectivity index (χ1) is 10.6. The molecule has 0 saturated heterocycles. The number of nitro groups is 1. The summed E-state index contributed by atoms with van der Waals surface area (Å²) in [7, 11) is 0. The van der Waals surface area contributed by atoms with E-state index in [-0.39, 0.29) is 6.04 Å². The van der Waals surface area contributed by atoms with Gasteiger partial charge in [0.25, 0.3) is 6.20 Å². The van der Waals surface area contributed by atoms with E-state index in [1.165, 1.54) is 0 Å². The Hall–Kier alpha value is -2.89. The highest BCUT2D eigenvalue weighted by Gasteiger charge is 2.09. The lowest BCUT2D eigenvalue weighted by molar-refractivity contribution is -0.404. The number of rotatable bonds is 7. The van der Waals surface area contributed by atoms with Gasteiger partial charge in [-0.05, 0) is 24.1 Å². The fourth-order valence-electron chi connectivity index (χ4n) is 1.98. The first-order valence-electron chi connectivity index (χ1n) is 6.94. The molecule has 0 saturated carbocycles. The molecular weight excluding hydrogens is 280 g/mol. The van der Waals surface area contributed by atoms with Crippen LogP contribution in [0.1, 0.15) is 24.1 Å². The normalized spacial score (nSPS) is 12.5. The van der Waals surface area contributed by atoms with Crippen molar-refractivity contribution in [2.75, 3.05) is 0 Å². The Morgan fingerprint density at radius 2 is 2.09 bits per heavy atom. The molecule has 0 aliphatic heterocycles. The van der Waals surface area contributed by atoms with Crippen molar-refractivity contribution in [3.8, 4) is 0 Å². The second kappa shape index (κ2) is 7.78.